The monoisotopic (exact) mass is 704 g/mol. The maximum atomic E-state index is 3.15. The molecule has 3 aliphatic carbocycles. The van der Waals surface area contributed by atoms with Crippen molar-refractivity contribution in [3.05, 3.63) is 88.5 Å². The van der Waals surface area contributed by atoms with Gasteiger partial charge in [0.1, 0.15) is 0 Å². The van der Waals surface area contributed by atoms with Crippen LogP contribution in [-0.2, 0) is 35.1 Å². The first kappa shape index (κ1) is 38.8. The van der Waals surface area contributed by atoms with Crippen molar-refractivity contribution in [2.75, 3.05) is 0 Å². The molecule has 44 heavy (non-hydrogen) atoms. The van der Waals surface area contributed by atoms with Crippen LogP contribution in [0, 0.1) is 12.0 Å². The Labute approximate surface area is 296 Å². The first-order valence-electron chi connectivity index (χ1n) is 16.2. The van der Waals surface area contributed by atoms with Gasteiger partial charge in [-0.25, -0.2) is 11.6 Å². The molecule has 0 bridgehead atoms. The van der Waals surface area contributed by atoms with E-state index in [1.807, 2.05) is 6.08 Å². The van der Waals surface area contributed by atoms with Crippen LogP contribution in [0.15, 0.2) is 60.2 Å². The van der Waals surface area contributed by atoms with E-state index in [1.54, 1.807) is 27.4 Å². The summed E-state index contributed by atoms with van der Waals surface area (Å²) in [5.41, 5.74) is 10.2. The zero-order chi connectivity index (χ0) is 30.8. The van der Waals surface area contributed by atoms with Gasteiger partial charge in [-0.2, -0.15) is 6.08 Å². The summed E-state index contributed by atoms with van der Waals surface area (Å²) in [4.78, 5) is 0. The van der Waals surface area contributed by atoms with Crippen molar-refractivity contribution in [2.45, 2.75) is 119 Å². The van der Waals surface area contributed by atoms with Gasteiger partial charge in [0, 0.05) is 10.8 Å². The maximum Gasteiger partial charge on any atom is -1.00 e. The van der Waals surface area contributed by atoms with Crippen molar-refractivity contribution in [1.29, 1.82) is 0 Å². The molecule has 0 radical (unpaired) electrons. The van der Waals surface area contributed by atoms with E-state index in [0.717, 1.165) is 0 Å². The van der Waals surface area contributed by atoms with Crippen molar-refractivity contribution in [2.24, 2.45) is 5.92 Å². The Hall–Kier alpha value is -1.40. The molecule has 0 aromatic heterocycles. The molecular weight excluding hydrogens is 655 g/mol. The standard InChI is InChI=1S/C25H25.C9H18.C7H9.2ClH.Zr/c1-14-12-24(3,4)22-8-16-7-17-9-23-19(15(2)13-25(23,5)6)11-21(17)20(16)10-18(14)22;1-3-5-7-9-8-6-4-2;1-6-3-4-7(2)5-6;;;/h7-13H,1-6H3;3-8H2,1-2H3;3,5,7H,1-2H3;2*1H;/q-1;;-1;;;+2/p-2. The number of hydrogen-bond donors (Lipinski definition) is 0. The summed E-state index contributed by atoms with van der Waals surface area (Å²) >= 11 is 1.67. The molecule has 0 heterocycles. The van der Waals surface area contributed by atoms with E-state index in [4.69, 9.17) is 0 Å². The summed E-state index contributed by atoms with van der Waals surface area (Å²) in [6, 6.07) is 12.1. The minimum atomic E-state index is 0. The number of unbranched alkanes of at least 4 members (excludes halogenated alkanes) is 2. The number of rotatable bonds is 6. The normalized spacial score (nSPS) is 18.1. The van der Waals surface area contributed by atoms with E-state index in [9.17, 15) is 0 Å². The van der Waals surface area contributed by atoms with E-state index >= 15 is 0 Å². The Balaban J connectivity index is 0.000000297. The third kappa shape index (κ3) is 8.69. The van der Waals surface area contributed by atoms with E-state index < -0.39 is 0 Å². The quantitative estimate of drug-likeness (QED) is 0.271. The summed E-state index contributed by atoms with van der Waals surface area (Å²) in [5, 5.41) is 5.57. The van der Waals surface area contributed by atoms with Gasteiger partial charge in [0.25, 0.3) is 0 Å². The average Bonchev–Trinajstić information content (AvgIpc) is 3.61. The zero-order valence-electron chi connectivity index (χ0n) is 28.8. The van der Waals surface area contributed by atoms with Crippen LogP contribution in [0.2, 0.25) is 0 Å². The van der Waals surface area contributed by atoms with Crippen LogP contribution < -0.4 is 24.8 Å². The van der Waals surface area contributed by atoms with E-state index in [-0.39, 0.29) is 35.6 Å². The van der Waals surface area contributed by atoms with Gasteiger partial charge in [-0.1, -0.05) is 75.9 Å². The Morgan fingerprint density at radius 2 is 1.20 bits per heavy atom. The first-order valence-corrected chi connectivity index (χ1v) is 17.5. The van der Waals surface area contributed by atoms with E-state index in [0.29, 0.717) is 5.92 Å². The van der Waals surface area contributed by atoms with Gasteiger partial charge in [0.15, 0.2) is 0 Å². The fourth-order valence-corrected chi connectivity index (χ4v) is 7.75. The third-order valence-corrected chi connectivity index (χ3v) is 10.4. The number of hydrogen-bond acceptors (Lipinski definition) is 0. The van der Waals surface area contributed by atoms with Crippen LogP contribution in [0.1, 0.15) is 130 Å². The molecule has 0 aliphatic heterocycles. The summed E-state index contributed by atoms with van der Waals surface area (Å²) in [6.07, 6.45) is 20.5. The summed E-state index contributed by atoms with van der Waals surface area (Å²) in [6.45, 7) is 22.5. The van der Waals surface area contributed by atoms with Gasteiger partial charge in [-0.05, 0) is 36.1 Å². The third-order valence-electron chi connectivity index (χ3n) is 9.12. The number of benzene rings is 2. The smallest absolute Gasteiger partial charge is 1.00 e. The Bertz CT molecular complexity index is 1500. The molecule has 0 saturated carbocycles. The van der Waals surface area contributed by atoms with Crippen LogP contribution in [0.25, 0.3) is 32.7 Å². The summed E-state index contributed by atoms with van der Waals surface area (Å²) in [5.74, 6) is 0.556. The van der Waals surface area contributed by atoms with Gasteiger partial charge in [-0.3, -0.25) is 6.08 Å². The van der Waals surface area contributed by atoms with Crippen molar-refractivity contribution in [3.63, 3.8) is 0 Å². The van der Waals surface area contributed by atoms with Crippen molar-refractivity contribution >= 4 is 35.9 Å². The summed E-state index contributed by atoms with van der Waals surface area (Å²) in [7, 11) is 0. The zero-order valence-corrected chi connectivity index (χ0v) is 32.7. The second-order valence-corrected chi connectivity index (χ2v) is 15.8. The second-order valence-electron chi connectivity index (χ2n) is 14.0. The number of allylic oxidation sites excluding steroid dienone is 8. The van der Waals surface area contributed by atoms with Gasteiger partial charge in [0.05, 0.1) is 0 Å². The minimum Gasteiger partial charge on any atom is -1.00 e. The van der Waals surface area contributed by atoms with Crippen LogP contribution in [0.3, 0.4) is 0 Å². The molecule has 0 saturated heterocycles. The van der Waals surface area contributed by atoms with Crippen molar-refractivity contribution in [3.8, 4) is 0 Å². The number of halogens is 2. The first-order chi connectivity index (χ1) is 19.8. The molecule has 3 aromatic carbocycles. The molecule has 1 atom stereocenters. The van der Waals surface area contributed by atoms with Gasteiger partial charge >= 0.3 is 79.8 Å². The van der Waals surface area contributed by atoms with Gasteiger partial charge in [0.2, 0.25) is 0 Å². The molecule has 236 valence electrons. The van der Waals surface area contributed by atoms with Crippen LogP contribution in [0.5, 0.6) is 0 Å². The SMILES string of the molecule is CC1=CC(C)(C)c2cc3[cH-]c4cc5c(cc4c3cc21)C(C)=CC5(C)C.CC1=CC(C)[C-]=C1.CCCC[C](=[Zr+2])CCCC.[Cl-].[Cl-]. The molecule has 0 spiro atoms. The Kier molecular flexibility index (Phi) is 14.0. The van der Waals surface area contributed by atoms with E-state index in [1.165, 1.54) is 99.0 Å². The van der Waals surface area contributed by atoms with Crippen molar-refractivity contribution < 1.29 is 49.0 Å². The molecule has 0 nitrogen and oxygen atoms in total. The predicted octanol–water partition coefficient (Wildman–Crippen LogP) is 6.14. The minimum absolute atomic E-state index is 0. The largest absolute Gasteiger partial charge is 1.00 e. The molecule has 0 fully saturated rings. The summed E-state index contributed by atoms with van der Waals surface area (Å²) < 4.78 is 1.79. The van der Waals surface area contributed by atoms with Crippen molar-refractivity contribution in [1.82, 2.24) is 0 Å². The molecule has 0 N–H and O–H groups in total. The predicted molar refractivity (Wildman–Crippen MR) is 185 cm³/mol. The molecule has 3 aromatic rings. The number of fused-ring (bicyclic) bond motifs is 5. The Morgan fingerprint density at radius 3 is 1.52 bits per heavy atom. The van der Waals surface area contributed by atoms with Crippen LogP contribution in [0.4, 0.5) is 0 Å². The fraction of sp³-hybridized carbons (Fsp3) is 0.463. The van der Waals surface area contributed by atoms with Crippen LogP contribution >= 0.6 is 0 Å². The van der Waals surface area contributed by atoms with Gasteiger partial charge in [-0.15, -0.1) is 46.7 Å². The Morgan fingerprint density at radius 1 is 0.773 bits per heavy atom. The molecule has 3 aliphatic rings. The molecule has 6 rings (SSSR count). The van der Waals surface area contributed by atoms with Gasteiger partial charge < -0.3 is 24.8 Å². The molecular formula is C41H52Cl2Zr-2. The topological polar surface area (TPSA) is 0 Å². The average molecular weight is 707 g/mol. The fourth-order valence-electron chi connectivity index (χ4n) is 6.88. The molecule has 3 heteroatoms. The maximum absolute atomic E-state index is 3.15. The second kappa shape index (κ2) is 15.9. The molecule has 0 amide bonds. The molecule has 1 unspecified atom stereocenters. The van der Waals surface area contributed by atoms with Crippen LogP contribution in [-0.4, -0.2) is 3.21 Å². The van der Waals surface area contributed by atoms with E-state index in [2.05, 4.69) is 124 Å².